The Kier molecular flexibility index (Phi) is 3.89. The van der Waals surface area contributed by atoms with E-state index < -0.39 is 0 Å². The minimum absolute atomic E-state index is 0.372. The van der Waals surface area contributed by atoms with Crippen molar-refractivity contribution in [3.8, 4) is 6.07 Å². The van der Waals surface area contributed by atoms with Gasteiger partial charge in [-0.15, -0.1) is 0 Å². The highest BCUT2D eigenvalue weighted by Gasteiger charge is 2.22. The van der Waals surface area contributed by atoms with E-state index in [-0.39, 0.29) is 0 Å². The first-order valence-electron chi connectivity index (χ1n) is 7.26. The number of nitrogens with one attached hydrogen (secondary N) is 1. The molecule has 1 aromatic carbocycles. The number of piperazine rings is 1. The van der Waals surface area contributed by atoms with Crippen molar-refractivity contribution in [3.63, 3.8) is 0 Å². The largest absolute Gasteiger partial charge is 0.340 e. The quantitative estimate of drug-likeness (QED) is 0.936. The lowest BCUT2D eigenvalue weighted by atomic mass is 10.0. The van der Waals surface area contributed by atoms with Crippen LogP contribution in [0.1, 0.15) is 24.1 Å². The van der Waals surface area contributed by atoms with Crippen molar-refractivity contribution in [3.05, 3.63) is 47.8 Å². The third-order valence-electron chi connectivity index (χ3n) is 4.17. The molecule has 108 valence electrons. The number of H-pyrrole nitrogens is 1. The van der Waals surface area contributed by atoms with Crippen molar-refractivity contribution in [2.45, 2.75) is 13.0 Å². The van der Waals surface area contributed by atoms with Crippen LogP contribution in [0, 0.1) is 11.3 Å². The SMILES string of the molecule is CC(c1ccc(C#N)cc1)N1CCN(c2ncc[nH]2)CC1. The standard InChI is InChI=1S/C16H19N5/c1-13(15-4-2-14(12-17)3-5-15)20-8-10-21(11-9-20)16-18-6-7-19-16/h2-7,13H,8-11H2,1H3,(H,18,19). The highest BCUT2D eigenvalue weighted by Crippen LogP contribution is 2.22. The van der Waals surface area contributed by atoms with Crippen LogP contribution >= 0.6 is 0 Å². The number of imidazole rings is 1. The van der Waals surface area contributed by atoms with Crippen molar-refractivity contribution in [1.29, 1.82) is 5.26 Å². The van der Waals surface area contributed by atoms with E-state index in [1.165, 1.54) is 5.56 Å². The maximum absolute atomic E-state index is 8.86. The van der Waals surface area contributed by atoms with Gasteiger partial charge < -0.3 is 9.88 Å². The van der Waals surface area contributed by atoms with E-state index in [1.807, 2.05) is 18.3 Å². The molecule has 1 atom stereocenters. The van der Waals surface area contributed by atoms with Gasteiger partial charge >= 0.3 is 0 Å². The van der Waals surface area contributed by atoms with E-state index in [1.54, 1.807) is 6.20 Å². The van der Waals surface area contributed by atoms with Crippen molar-refractivity contribution in [2.75, 3.05) is 31.1 Å². The second-order valence-electron chi connectivity index (χ2n) is 5.35. The monoisotopic (exact) mass is 281 g/mol. The molecule has 1 aromatic heterocycles. The number of benzene rings is 1. The van der Waals surface area contributed by atoms with Gasteiger partial charge in [-0.3, -0.25) is 4.90 Å². The lowest BCUT2D eigenvalue weighted by Gasteiger charge is -2.38. The predicted octanol–water partition coefficient (Wildman–Crippen LogP) is 2.16. The molecule has 2 heterocycles. The van der Waals surface area contributed by atoms with Crippen LogP contribution in [0.5, 0.6) is 0 Å². The highest BCUT2D eigenvalue weighted by atomic mass is 15.3. The number of nitriles is 1. The first-order valence-corrected chi connectivity index (χ1v) is 7.26. The van der Waals surface area contributed by atoms with Gasteiger partial charge in [0.15, 0.2) is 0 Å². The maximum Gasteiger partial charge on any atom is 0.202 e. The normalized spacial score (nSPS) is 17.4. The Morgan fingerprint density at radius 3 is 2.48 bits per heavy atom. The number of hydrogen-bond acceptors (Lipinski definition) is 4. The summed E-state index contributed by atoms with van der Waals surface area (Å²) >= 11 is 0. The van der Waals surface area contributed by atoms with Gasteiger partial charge in [0, 0.05) is 44.6 Å². The van der Waals surface area contributed by atoms with Crippen molar-refractivity contribution >= 4 is 5.95 Å². The molecule has 1 aliphatic heterocycles. The van der Waals surface area contributed by atoms with Crippen LogP contribution in [0.15, 0.2) is 36.7 Å². The Morgan fingerprint density at radius 2 is 1.90 bits per heavy atom. The Balaban J connectivity index is 1.62. The molecule has 2 aromatic rings. The van der Waals surface area contributed by atoms with E-state index in [0.717, 1.165) is 32.1 Å². The molecule has 1 unspecified atom stereocenters. The Morgan fingerprint density at radius 1 is 1.19 bits per heavy atom. The van der Waals surface area contributed by atoms with E-state index in [0.29, 0.717) is 11.6 Å². The molecule has 1 saturated heterocycles. The summed E-state index contributed by atoms with van der Waals surface area (Å²) in [5.74, 6) is 0.959. The van der Waals surface area contributed by atoms with E-state index >= 15 is 0 Å². The second-order valence-corrected chi connectivity index (χ2v) is 5.35. The van der Waals surface area contributed by atoms with E-state index in [4.69, 9.17) is 5.26 Å². The molecular formula is C16H19N5. The summed E-state index contributed by atoms with van der Waals surface area (Å²) in [5, 5.41) is 8.86. The van der Waals surface area contributed by atoms with Gasteiger partial charge in [-0.25, -0.2) is 4.98 Å². The van der Waals surface area contributed by atoms with Gasteiger partial charge in [-0.1, -0.05) is 12.1 Å². The summed E-state index contributed by atoms with van der Waals surface area (Å²) < 4.78 is 0. The molecule has 1 fully saturated rings. The number of hydrogen-bond donors (Lipinski definition) is 1. The molecule has 0 spiro atoms. The van der Waals surface area contributed by atoms with Crippen LogP contribution in [0.25, 0.3) is 0 Å². The third kappa shape index (κ3) is 2.91. The van der Waals surface area contributed by atoms with Crippen LogP contribution in [-0.4, -0.2) is 41.0 Å². The predicted molar refractivity (Wildman–Crippen MR) is 81.9 cm³/mol. The maximum atomic E-state index is 8.86. The number of anilines is 1. The van der Waals surface area contributed by atoms with Gasteiger partial charge in [0.05, 0.1) is 11.6 Å². The minimum Gasteiger partial charge on any atom is -0.340 e. The summed E-state index contributed by atoms with van der Waals surface area (Å²) in [7, 11) is 0. The van der Waals surface area contributed by atoms with E-state index in [9.17, 15) is 0 Å². The minimum atomic E-state index is 0.372. The topological polar surface area (TPSA) is 59.0 Å². The average Bonchev–Trinajstić information content (AvgIpc) is 3.09. The molecule has 5 nitrogen and oxygen atoms in total. The van der Waals surface area contributed by atoms with Crippen LogP contribution < -0.4 is 4.90 Å². The van der Waals surface area contributed by atoms with Crippen molar-refractivity contribution in [2.24, 2.45) is 0 Å². The molecular weight excluding hydrogens is 262 g/mol. The second kappa shape index (κ2) is 5.98. The molecule has 1 aliphatic rings. The first kappa shape index (κ1) is 13.7. The fourth-order valence-electron chi connectivity index (χ4n) is 2.80. The third-order valence-corrected chi connectivity index (χ3v) is 4.17. The van der Waals surface area contributed by atoms with Crippen LogP contribution in [-0.2, 0) is 0 Å². The zero-order chi connectivity index (χ0) is 14.7. The lowest BCUT2D eigenvalue weighted by molar-refractivity contribution is 0.198. The van der Waals surface area contributed by atoms with Crippen molar-refractivity contribution in [1.82, 2.24) is 14.9 Å². The molecule has 0 saturated carbocycles. The van der Waals surface area contributed by atoms with Crippen LogP contribution in [0.3, 0.4) is 0 Å². The fourth-order valence-corrected chi connectivity index (χ4v) is 2.80. The number of aromatic nitrogens is 2. The Bertz CT molecular complexity index is 603. The van der Waals surface area contributed by atoms with Gasteiger partial charge in [0.2, 0.25) is 5.95 Å². The van der Waals surface area contributed by atoms with Gasteiger partial charge in [0.25, 0.3) is 0 Å². The summed E-state index contributed by atoms with van der Waals surface area (Å²) in [6.45, 7) is 6.22. The summed E-state index contributed by atoms with van der Waals surface area (Å²) in [6, 6.07) is 10.4. The first-order chi connectivity index (χ1) is 10.3. The molecule has 3 rings (SSSR count). The number of rotatable bonds is 3. The Hall–Kier alpha value is -2.32. The summed E-state index contributed by atoms with van der Waals surface area (Å²) in [5.41, 5.74) is 1.98. The molecule has 0 aliphatic carbocycles. The number of aromatic amines is 1. The van der Waals surface area contributed by atoms with Gasteiger partial charge in [-0.05, 0) is 24.6 Å². The molecule has 1 N–H and O–H groups in total. The van der Waals surface area contributed by atoms with Crippen LogP contribution in [0.2, 0.25) is 0 Å². The van der Waals surface area contributed by atoms with Crippen molar-refractivity contribution < 1.29 is 0 Å². The molecule has 21 heavy (non-hydrogen) atoms. The molecule has 0 radical (unpaired) electrons. The fraction of sp³-hybridized carbons (Fsp3) is 0.375. The summed E-state index contributed by atoms with van der Waals surface area (Å²) in [4.78, 5) is 12.2. The van der Waals surface area contributed by atoms with E-state index in [2.05, 4.69) is 44.9 Å². The Labute approximate surface area is 124 Å². The highest BCUT2D eigenvalue weighted by molar-refractivity contribution is 5.33. The molecule has 0 bridgehead atoms. The van der Waals surface area contributed by atoms with Gasteiger partial charge in [0.1, 0.15) is 0 Å². The molecule has 0 amide bonds. The van der Waals surface area contributed by atoms with Crippen LogP contribution in [0.4, 0.5) is 5.95 Å². The zero-order valence-electron chi connectivity index (χ0n) is 12.2. The zero-order valence-corrected chi connectivity index (χ0v) is 12.2. The smallest absolute Gasteiger partial charge is 0.202 e. The summed E-state index contributed by atoms with van der Waals surface area (Å²) in [6.07, 6.45) is 3.65. The lowest BCUT2D eigenvalue weighted by Crippen LogP contribution is -2.47. The average molecular weight is 281 g/mol. The molecule has 5 heteroatoms. The van der Waals surface area contributed by atoms with Gasteiger partial charge in [-0.2, -0.15) is 5.26 Å². The number of nitrogens with zero attached hydrogens (tertiary/aromatic N) is 4.